The van der Waals surface area contributed by atoms with Gasteiger partial charge in [0.1, 0.15) is 11.8 Å². The zero-order valence-electron chi connectivity index (χ0n) is 8.64. The van der Waals surface area contributed by atoms with Crippen LogP contribution in [0, 0.1) is 11.3 Å². The first-order chi connectivity index (χ1) is 7.04. The smallest absolute Gasteiger partial charge is 0.354 e. The van der Waals surface area contributed by atoms with Crippen molar-refractivity contribution in [2.75, 3.05) is 20.6 Å². The van der Waals surface area contributed by atoms with Gasteiger partial charge in [-0.3, -0.25) is 4.68 Å². The molecular weight excluding hydrogens is 196 g/mol. The molecule has 80 valence electrons. The van der Waals surface area contributed by atoms with Crippen LogP contribution in [0.15, 0.2) is 6.07 Å². The van der Waals surface area contributed by atoms with Crippen LogP contribution < -0.4 is 0 Å². The Morgan fingerprint density at radius 3 is 2.87 bits per heavy atom. The fourth-order valence-corrected chi connectivity index (χ4v) is 1.11. The maximum Gasteiger partial charge on any atom is 0.354 e. The Morgan fingerprint density at radius 2 is 2.40 bits per heavy atom. The molecule has 0 unspecified atom stereocenters. The van der Waals surface area contributed by atoms with Crippen molar-refractivity contribution in [3.63, 3.8) is 0 Å². The van der Waals surface area contributed by atoms with Crippen LogP contribution in [0.2, 0.25) is 0 Å². The lowest BCUT2D eigenvalue weighted by atomic mass is 10.3. The third-order valence-corrected chi connectivity index (χ3v) is 1.87. The lowest BCUT2D eigenvalue weighted by Gasteiger charge is -2.09. The molecule has 1 aromatic rings. The average Bonchev–Trinajstić information content (AvgIpc) is 2.57. The van der Waals surface area contributed by atoms with Crippen LogP contribution >= 0.6 is 0 Å². The van der Waals surface area contributed by atoms with E-state index in [9.17, 15) is 4.79 Å². The van der Waals surface area contributed by atoms with Gasteiger partial charge in [0.25, 0.3) is 0 Å². The summed E-state index contributed by atoms with van der Waals surface area (Å²) in [5.41, 5.74) is 0.180. The minimum atomic E-state index is -1.07. The van der Waals surface area contributed by atoms with E-state index in [-0.39, 0.29) is 11.4 Å². The SMILES string of the molecule is CN(C)CCn1nc(C#N)cc1C(=O)O. The molecule has 1 heterocycles. The zero-order valence-corrected chi connectivity index (χ0v) is 8.64. The van der Waals surface area contributed by atoms with E-state index < -0.39 is 5.97 Å². The standard InChI is InChI=1S/C9H12N4O2/c1-12(2)3-4-13-8(9(14)15)5-7(6-10)11-13/h5H,3-4H2,1-2H3,(H,14,15). The van der Waals surface area contributed by atoms with Gasteiger partial charge < -0.3 is 10.0 Å². The number of carboxylic acids is 1. The normalized spacial score (nSPS) is 10.3. The van der Waals surface area contributed by atoms with E-state index in [0.717, 1.165) is 0 Å². The van der Waals surface area contributed by atoms with E-state index in [4.69, 9.17) is 10.4 Å². The maximum absolute atomic E-state index is 10.8. The Labute approximate surface area is 87.3 Å². The fraction of sp³-hybridized carbons (Fsp3) is 0.444. The predicted octanol–water partition coefficient (Wildman–Crippen LogP) is 0.0146. The molecule has 0 atom stereocenters. The Hall–Kier alpha value is -1.87. The molecular formula is C9H12N4O2. The molecule has 0 aliphatic rings. The van der Waals surface area contributed by atoms with Crippen molar-refractivity contribution >= 4 is 5.97 Å². The molecule has 6 nitrogen and oxygen atoms in total. The number of hydrogen-bond acceptors (Lipinski definition) is 4. The third-order valence-electron chi connectivity index (χ3n) is 1.87. The zero-order chi connectivity index (χ0) is 11.4. The summed E-state index contributed by atoms with van der Waals surface area (Å²) >= 11 is 0. The first-order valence-electron chi connectivity index (χ1n) is 4.40. The summed E-state index contributed by atoms with van der Waals surface area (Å²) in [6.45, 7) is 1.13. The molecule has 0 spiro atoms. The number of aromatic carboxylic acids is 1. The summed E-state index contributed by atoms with van der Waals surface area (Å²) in [7, 11) is 3.77. The van der Waals surface area contributed by atoms with Gasteiger partial charge in [-0.1, -0.05) is 0 Å². The van der Waals surface area contributed by atoms with Crippen molar-refractivity contribution in [2.45, 2.75) is 6.54 Å². The van der Waals surface area contributed by atoms with Gasteiger partial charge in [0.2, 0.25) is 0 Å². The number of aromatic nitrogens is 2. The first-order valence-corrected chi connectivity index (χ1v) is 4.40. The van der Waals surface area contributed by atoms with E-state index >= 15 is 0 Å². The van der Waals surface area contributed by atoms with Crippen LogP contribution in [0.4, 0.5) is 0 Å². The lowest BCUT2D eigenvalue weighted by Crippen LogP contribution is -2.21. The maximum atomic E-state index is 10.8. The summed E-state index contributed by atoms with van der Waals surface area (Å²) in [6.07, 6.45) is 0. The van der Waals surface area contributed by atoms with Crippen LogP contribution in [-0.4, -0.2) is 46.4 Å². The molecule has 1 rings (SSSR count). The second-order valence-electron chi connectivity index (χ2n) is 3.36. The quantitative estimate of drug-likeness (QED) is 0.754. The molecule has 1 N–H and O–H groups in total. The molecule has 0 fully saturated rings. The van der Waals surface area contributed by atoms with Gasteiger partial charge >= 0.3 is 5.97 Å². The summed E-state index contributed by atoms with van der Waals surface area (Å²) in [5, 5.41) is 21.3. The molecule has 6 heteroatoms. The summed E-state index contributed by atoms with van der Waals surface area (Å²) < 4.78 is 1.33. The molecule has 0 bridgehead atoms. The summed E-state index contributed by atoms with van der Waals surface area (Å²) in [5.74, 6) is -1.07. The van der Waals surface area contributed by atoms with E-state index in [0.29, 0.717) is 13.1 Å². The van der Waals surface area contributed by atoms with Gasteiger partial charge in [0.15, 0.2) is 5.69 Å². The predicted molar refractivity (Wildman–Crippen MR) is 52.5 cm³/mol. The highest BCUT2D eigenvalue weighted by Gasteiger charge is 2.13. The number of carboxylic acid groups (broad SMARTS) is 1. The molecule has 0 aliphatic carbocycles. The second-order valence-corrected chi connectivity index (χ2v) is 3.36. The van der Waals surface area contributed by atoms with E-state index in [1.54, 1.807) is 0 Å². The van der Waals surface area contributed by atoms with Gasteiger partial charge in [-0.05, 0) is 14.1 Å². The van der Waals surface area contributed by atoms with Crippen molar-refractivity contribution in [2.24, 2.45) is 0 Å². The lowest BCUT2D eigenvalue weighted by molar-refractivity contribution is 0.0682. The highest BCUT2D eigenvalue weighted by Crippen LogP contribution is 2.03. The third kappa shape index (κ3) is 2.79. The van der Waals surface area contributed by atoms with Crippen molar-refractivity contribution in [1.29, 1.82) is 5.26 Å². The Kier molecular flexibility index (Phi) is 3.42. The van der Waals surface area contributed by atoms with Gasteiger partial charge in [-0.2, -0.15) is 10.4 Å². The highest BCUT2D eigenvalue weighted by atomic mass is 16.4. The first kappa shape index (κ1) is 11.2. The Balaban J connectivity index is 2.90. The number of hydrogen-bond donors (Lipinski definition) is 1. The number of carbonyl (C=O) groups is 1. The Morgan fingerprint density at radius 1 is 1.73 bits per heavy atom. The van der Waals surface area contributed by atoms with E-state index in [2.05, 4.69) is 5.10 Å². The number of rotatable bonds is 4. The minimum Gasteiger partial charge on any atom is -0.477 e. The van der Waals surface area contributed by atoms with Crippen molar-refractivity contribution < 1.29 is 9.90 Å². The topological polar surface area (TPSA) is 82.2 Å². The van der Waals surface area contributed by atoms with Gasteiger partial charge in [-0.15, -0.1) is 0 Å². The van der Waals surface area contributed by atoms with Crippen LogP contribution in [0.25, 0.3) is 0 Å². The van der Waals surface area contributed by atoms with E-state index in [1.807, 2.05) is 25.1 Å². The fourth-order valence-electron chi connectivity index (χ4n) is 1.11. The van der Waals surface area contributed by atoms with Crippen molar-refractivity contribution in [3.05, 3.63) is 17.5 Å². The molecule has 15 heavy (non-hydrogen) atoms. The second kappa shape index (κ2) is 4.57. The van der Waals surface area contributed by atoms with Crippen LogP contribution in [0.3, 0.4) is 0 Å². The molecule has 0 saturated heterocycles. The summed E-state index contributed by atoms with van der Waals surface area (Å²) in [4.78, 5) is 12.7. The van der Waals surface area contributed by atoms with Crippen LogP contribution in [-0.2, 0) is 6.54 Å². The van der Waals surface area contributed by atoms with Crippen LogP contribution in [0.5, 0.6) is 0 Å². The number of nitrogens with zero attached hydrogens (tertiary/aromatic N) is 4. The monoisotopic (exact) mass is 208 g/mol. The highest BCUT2D eigenvalue weighted by molar-refractivity contribution is 5.85. The Bertz CT molecular complexity index is 403. The molecule has 1 aromatic heterocycles. The van der Waals surface area contributed by atoms with Crippen molar-refractivity contribution in [1.82, 2.24) is 14.7 Å². The summed E-state index contributed by atoms with van der Waals surface area (Å²) in [6, 6.07) is 3.10. The largest absolute Gasteiger partial charge is 0.477 e. The molecule has 0 aliphatic heterocycles. The minimum absolute atomic E-state index is 0.0494. The molecule has 0 amide bonds. The molecule has 0 radical (unpaired) electrons. The molecule has 0 aromatic carbocycles. The van der Waals surface area contributed by atoms with Gasteiger partial charge in [0.05, 0.1) is 6.54 Å². The van der Waals surface area contributed by atoms with E-state index in [1.165, 1.54) is 10.7 Å². The van der Waals surface area contributed by atoms with Crippen molar-refractivity contribution in [3.8, 4) is 6.07 Å². The van der Waals surface area contributed by atoms with Gasteiger partial charge in [0, 0.05) is 12.6 Å². The number of likely N-dealkylation sites (N-methyl/N-ethyl adjacent to an activating group) is 1. The van der Waals surface area contributed by atoms with Gasteiger partial charge in [-0.25, -0.2) is 4.79 Å². The molecule has 0 saturated carbocycles. The average molecular weight is 208 g/mol. The number of nitriles is 1. The van der Waals surface area contributed by atoms with Crippen LogP contribution in [0.1, 0.15) is 16.2 Å².